The van der Waals surface area contributed by atoms with Crippen molar-refractivity contribution in [1.29, 1.82) is 0 Å². The van der Waals surface area contributed by atoms with Crippen LogP contribution >= 0.6 is 0 Å². The molecule has 7 nitrogen and oxygen atoms in total. The molecular weight excluding hydrogens is 739 g/mol. The van der Waals surface area contributed by atoms with Crippen molar-refractivity contribution in [2.45, 2.75) is 0 Å². The van der Waals surface area contributed by atoms with Gasteiger partial charge in [-0.3, -0.25) is 4.98 Å². The molecule has 0 aliphatic heterocycles. The maximum absolute atomic E-state index is 6.89. The van der Waals surface area contributed by atoms with Crippen LogP contribution in [0.1, 0.15) is 0 Å². The van der Waals surface area contributed by atoms with Gasteiger partial charge in [0.2, 0.25) is 0 Å². The molecule has 0 amide bonds. The summed E-state index contributed by atoms with van der Waals surface area (Å²) in [6.07, 6.45) is 3.54. The average molecular weight is 768 g/mol. The lowest BCUT2D eigenvalue weighted by atomic mass is 9.96. The van der Waals surface area contributed by atoms with Crippen molar-refractivity contribution >= 4 is 87.0 Å². The van der Waals surface area contributed by atoms with Crippen LogP contribution in [0.3, 0.4) is 0 Å². The van der Waals surface area contributed by atoms with E-state index in [4.69, 9.17) is 28.8 Å². The first kappa shape index (κ1) is 32.8. The van der Waals surface area contributed by atoms with E-state index in [-0.39, 0.29) is 0 Å². The van der Waals surface area contributed by atoms with Gasteiger partial charge in [-0.25, -0.2) is 19.9 Å². The third-order valence-electron chi connectivity index (χ3n) is 11.8. The van der Waals surface area contributed by atoms with E-state index in [0.717, 1.165) is 98.2 Å². The minimum Gasteiger partial charge on any atom is -0.455 e. The fraction of sp³-hybridized carbons (Fsp3) is 0. The number of pyridine rings is 2. The molecule has 278 valence electrons. The molecule has 60 heavy (non-hydrogen) atoms. The third-order valence-corrected chi connectivity index (χ3v) is 11.8. The summed E-state index contributed by atoms with van der Waals surface area (Å²) in [6.45, 7) is 0. The zero-order valence-corrected chi connectivity index (χ0v) is 31.8. The van der Waals surface area contributed by atoms with E-state index in [1.807, 2.05) is 30.3 Å². The highest BCUT2D eigenvalue weighted by molar-refractivity contribution is 6.30. The topological polar surface area (TPSA) is 90.7 Å². The summed E-state index contributed by atoms with van der Waals surface area (Å²) in [4.78, 5) is 25.2. The Bertz CT molecular complexity index is 3700. The van der Waals surface area contributed by atoms with Crippen molar-refractivity contribution in [3.63, 3.8) is 0 Å². The van der Waals surface area contributed by atoms with Crippen molar-refractivity contribution < 1.29 is 8.83 Å². The van der Waals surface area contributed by atoms with Gasteiger partial charge in [-0.05, 0) is 91.6 Å². The molecule has 5 heterocycles. The van der Waals surface area contributed by atoms with Crippen LogP contribution in [-0.2, 0) is 0 Å². The first-order valence-electron chi connectivity index (χ1n) is 19.9. The van der Waals surface area contributed by atoms with Crippen LogP contribution in [0.4, 0.5) is 0 Å². The van der Waals surface area contributed by atoms with Crippen LogP contribution in [0.25, 0.3) is 133 Å². The zero-order chi connectivity index (χ0) is 39.3. The highest BCUT2D eigenvalue weighted by Gasteiger charge is 2.25. The Hall–Kier alpha value is -8.29. The van der Waals surface area contributed by atoms with E-state index in [9.17, 15) is 0 Å². The van der Waals surface area contributed by atoms with Gasteiger partial charge in [-0.2, -0.15) is 0 Å². The van der Waals surface area contributed by atoms with Gasteiger partial charge < -0.3 is 8.83 Å². The SMILES string of the molecule is c1cc(-c2ccncc2)nc(-c2nc(-c3cc4ccccc4c4c3oc3ccc5ccccc5c34)nc(-c3cc4ccccc4c4c3oc3ccc5ccccc5c34)n2)c1. The normalized spacial score (nSPS) is 12.0. The van der Waals surface area contributed by atoms with Crippen LogP contribution in [-0.4, -0.2) is 24.9 Å². The second-order valence-electron chi connectivity index (χ2n) is 15.2. The Labute approximate surface area is 341 Å². The summed E-state index contributed by atoms with van der Waals surface area (Å²) in [6, 6.07) is 56.2. The summed E-state index contributed by atoms with van der Waals surface area (Å²) in [5.41, 5.74) is 6.86. The van der Waals surface area contributed by atoms with Crippen LogP contribution in [0.15, 0.2) is 185 Å². The van der Waals surface area contributed by atoms with E-state index in [2.05, 4.69) is 138 Å². The van der Waals surface area contributed by atoms with Crippen molar-refractivity contribution in [3.05, 3.63) is 176 Å². The van der Waals surface area contributed by atoms with Crippen molar-refractivity contribution in [2.75, 3.05) is 0 Å². The first-order chi connectivity index (χ1) is 29.7. The first-order valence-corrected chi connectivity index (χ1v) is 19.9. The summed E-state index contributed by atoms with van der Waals surface area (Å²) in [7, 11) is 0. The van der Waals surface area contributed by atoms with Crippen molar-refractivity contribution in [2.24, 2.45) is 0 Å². The lowest BCUT2D eigenvalue weighted by Crippen LogP contribution is -2.02. The van der Waals surface area contributed by atoms with Gasteiger partial charge >= 0.3 is 0 Å². The summed E-state index contributed by atoms with van der Waals surface area (Å²) in [5, 5.41) is 13.0. The molecule has 13 rings (SSSR count). The molecule has 0 atom stereocenters. The van der Waals surface area contributed by atoms with Crippen LogP contribution < -0.4 is 0 Å². The predicted molar refractivity (Wildman–Crippen MR) is 242 cm³/mol. The Morgan fingerprint density at radius 3 is 1.32 bits per heavy atom. The van der Waals surface area contributed by atoms with Crippen molar-refractivity contribution in [3.8, 4) is 45.6 Å². The van der Waals surface area contributed by atoms with E-state index in [1.54, 1.807) is 12.4 Å². The predicted octanol–water partition coefficient (Wildman–Crippen LogP) is 13.7. The van der Waals surface area contributed by atoms with Crippen LogP contribution in [0, 0.1) is 0 Å². The number of benzene rings is 8. The number of rotatable bonds is 4. The molecule has 0 spiro atoms. The molecule has 0 saturated heterocycles. The highest BCUT2D eigenvalue weighted by Crippen LogP contribution is 2.45. The van der Waals surface area contributed by atoms with Gasteiger partial charge in [0.1, 0.15) is 28.0 Å². The van der Waals surface area contributed by atoms with Crippen molar-refractivity contribution in [1.82, 2.24) is 24.9 Å². The molecule has 7 heteroatoms. The van der Waals surface area contributed by atoms with Gasteiger partial charge in [0, 0.05) is 39.5 Å². The van der Waals surface area contributed by atoms with Gasteiger partial charge in [0.05, 0.1) is 16.8 Å². The Morgan fingerprint density at radius 2 is 0.783 bits per heavy atom. The monoisotopic (exact) mass is 767 g/mol. The Morgan fingerprint density at radius 1 is 0.333 bits per heavy atom. The second kappa shape index (κ2) is 12.6. The van der Waals surface area contributed by atoms with Crippen LogP contribution in [0.2, 0.25) is 0 Å². The number of hydrogen-bond donors (Lipinski definition) is 0. The molecule has 0 unspecified atom stereocenters. The lowest BCUT2D eigenvalue weighted by molar-refractivity contribution is 0.670. The van der Waals surface area contributed by atoms with E-state index in [0.29, 0.717) is 34.3 Å². The third kappa shape index (κ3) is 4.86. The Balaban J connectivity index is 1.15. The van der Waals surface area contributed by atoms with Gasteiger partial charge in [-0.15, -0.1) is 0 Å². The molecule has 0 N–H and O–H groups in total. The molecule has 0 bridgehead atoms. The molecule has 5 aromatic heterocycles. The van der Waals surface area contributed by atoms with Crippen LogP contribution in [0.5, 0.6) is 0 Å². The van der Waals surface area contributed by atoms with E-state index in [1.165, 1.54) is 0 Å². The highest BCUT2D eigenvalue weighted by atomic mass is 16.3. The van der Waals surface area contributed by atoms with Gasteiger partial charge in [0.15, 0.2) is 17.5 Å². The van der Waals surface area contributed by atoms with E-state index >= 15 is 0 Å². The molecule has 0 aliphatic carbocycles. The number of furan rings is 2. The quantitative estimate of drug-likeness (QED) is 0.176. The molecular formula is C53H29N5O2. The average Bonchev–Trinajstić information content (AvgIpc) is 3.92. The molecule has 0 fully saturated rings. The number of hydrogen-bond acceptors (Lipinski definition) is 7. The fourth-order valence-electron chi connectivity index (χ4n) is 9.08. The zero-order valence-electron chi connectivity index (χ0n) is 31.8. The minimum absolute atomic E-state index is 0.427. The summed E-state index contributed by atoms with van der Waals surface area (Å²) in [5.74, 6) is 1.36. The fourth-order valence-corrected chi connectivity index (χ4v) is 9.08. The second-order valence-corrected chi connectivity index (χ2v) is 15.2. The Kier molecular flexibility index (Phi) is 6.88. The number of aromatic nitrogens is 5. The molecule has 0 radical (unpaired) electrons. The minimum atomic E-state index is 0.427. The molecule has 8 aromatic carbocycles. The number of fused-ring (bicyclic) bond motifs is 14. The van der Waals surface area contributed by atoms with Gasteiger partial charge in [0.25, 0.3) is 0 Å². The molecule has 0 saturated carbocycles. The summed E-state index contributed by atoms with van der Waals surface area (Å²) >= 11 is 0. The summed E-state index contributed by atoms with van der Waals surface area (Å²) < 4.78 is 13.8. The van der Waals surface area contributed by atoms with Gasteiger partial charge in [-0.1, -0.05) is 115 Å². The van der Waals surface area contributed by atoms with E-state index < -0.39 is 0 Å². The largest absolute Gasteiger partial charge is 0.455 e. The lowest BCUT2D eigenvalue weighted by Gasteiger charge is -2.11. The standard InChI is InChI=1S/C53H29N5O2/c1-5-14-35-30(10-1)20-22-43-45(35)47-37-16-7-3-12-33(37)28-39(49(47)59-43)51-56-52(58-53(57-51)42-19-9-18-41(55-42)32-24-26-54-27-25-32)40-29-34-13-4-8-17-38(34)48-46-36-15-6-2-11-31(36)21-23-44(46)60-50(40)48/h1-29H. The maximum atomic E-state index is 6.89. The smallest absolute Gasteiger partial charge is 0.182 e. The molecule has 13 aromatic rings. The molecule has 0 aliphatic rings. The maximum Gasteiger partial charge on any atom is 0.182 e. The number of nitrogens with zero attached hydrogens (tertiary/aromatic N) is 5.